The van der Waals surface area contributed by atoms with Crippen LogP contribution in [0, 0.1) is 0 Å². The second kappa shape index (κ2) is 51.8. The Kier molecular flexibility index (Phi) is 50.3. The van der Waals surface area contributed by atoms with E-state index in [4.69, 9.17) is 9.05 Å². The fourth-order valence-electron chi connectivity index (χ4n) is 8.40. The summed E-state index contributed by atoms with van der Waals surface area (Å²) in [6.07, 6.45) is 71.6. The summed E-state index contributed by atoms with van der Waals surface area (Å²) in [5.41, 5.74) is 0. The number of phosphoric ester groups is 1. The Hall–Kier alpha value is -2.06. The molecule has 0 spiro atoms. The molecular weight excluding hydrogens is 888 g/mol. The quantitative estimate of drug-likeness (QED) is 0.0243. The molecule has 0 aliphatic carbocycles. The monoisotopic (exact) mass is 1000 g/mol. The first-order chi connectivity index (χ1) is 34.0. The van der Waals surface area contributed by atoms with Crippen LogP contribution < -0.4 is 5.32 Å². The van der Waals surface area contributed by atoms with E-state index >= 15 is 0 Å². The summed E-state index contributed by atoms with van der Waals surface area (Å²) in [6, 6.07) is -0.757. The number of phosphoric acid groups is 1. The topological polar surface area (TPSA) is 105 Å². The molecule has 0 rings (SSSR count). The van der Waals surface area contributed by atoms with Crippen LogP contribution in [0.25, 0.3) is 0 Å². The smallest absolute Gasteiger partial charge is 0.391 e. The van der Waals surface area contributed by atoms with Gasteiger partial charge in [-0.3, -0.25) is 13.8 Å². The number of unbranched alkanes of at least 4 members (excludes halogenated alkanes) is 28. The van der Waals surface area contributed by atoms with Gasteiger partial charge in [0.25, 0.3) is 0 Å². The van der Waals surface area contributed by atoms with Gasteiger partial charge in [0.2, 0.25) is 5.91 Å². The van der Waals surface area contributed by atoms with Gasteiger partial charge < -0.3 is 19.8 Å². The molecule has 0 fully saturated rings. The van der Waals surface area contributed by atoms with Crippen LogP contribution in [0.1, 0.15) is 258 Å². The third-order valence-corrected chi connectivity index (χ3v) is 14.0. The lowest BCUT2D eigenvalue weighted by atomic mass is 10.0. The van der Waals surface area contributed by atoms with Crippen molar-refractivity contribution in [2.24, 2.45) is 0 Å². The molecule has 0 aromatic heterocycles. The molecular formula is C61H114N2O6P+. The predicted molar refractivity (Wildman–Crippen MR) is 304 cm³/mol. The van der Waals surface area contributed by atoms with Crippen LogP contribution in [-0.4, -0.2) is 73.4 Å². The summed E-state index contributed by atoms with van der Waals surface area (Å²) in [5.74, 6) is -0.147. The molecule has 1 amide bonds. The van der Waals surface area contributed by atoms with Crippen molar-refractivity contribution in [3.05, 3.63) is 72.9 Å². The molecule has 8 nitrogen and oxygen atoms in total. The first-order valence-corrected chi connectivity index (χ1v) is 30.8. The number of carbonyl (C=O) groups is 1. The van der Waals surface area contributed by atoms with E-state index < -0.39 is 20.0 Å². The molecule has 0 aliphatic rings. The van der Waals surface area contributed by atoms with E-state index in [-0.39, 0.29) is 19.1 Å². The van der Waals surface area contributed by atoms with Crippen molar-refractivity contribution < 1.29 is 32.9 Å². The molecule has 0 aliphatic heterocycles. The molecule has 9 heteroatoms. The lowest BCUT2D eigenvalue weighted by molar-refractivity contribution is -0.870. The number of nitrogens with one attached hydrogen (secondary N) is 1. The van der Waals surface area contributed by atoms with Gasteiger partial charge in [-0.25, -0.2) is 4.57 Å². The number of hydrogen-bond acceptors (Lipinski definition) is 5. The molecule has 0 aromatic rings. The Morgan fingerprint density at radius 3 is 1.26 bits per heavy atom. The molecule has 408 valence electrons. The molecule has 0 aromatic carbocycles. The molecule has 3 unspecified atom stereocenters. The maximum atomic E-state index is 12.9. The Bertz CT molecular complexity index is 1370. The number of likely N-dealkylation sites (N-methyl/N-ethyl adjacent to an activating group) is 1. The highest BCUT2D eigenvalue weighted by atomic mass is 31.2. The van der Waals surface area contributed by atoms with E-state index in [9.17, 15) is 19.4 Å². The standard InChI is InChI=1S/C61H113N2O6P/c1-6-8-10-12-14-15-16-17-18-19-20-21-22-23-24-25-26-27-28-29-30-31-32-33-34-35-36-37-38-39-40-41-42-43-44-45-46-47-49-51-53-55-61(65)62-59(60(64)54-52-50-48-13-11-9-7-2)58-69-70(66,67)68-57-56-63(3,4)5/h8,10,14-15,17-18,20-21,23-24,26-27,59-60,64H,6-7,9,11-13,16,19,22,25,28-58H2,1-5H3,(H-,62,65,66,67)/p+1/b10-8-,15-14-,18-17-,21-20-,24-23-,27-26-. The largest absolute Gasteiger partial charge is 0.472 e. The third kappa shape index (κ3) is 53.7. The molecule has 3 atom stereocenters. The highest BCUT2D eigenvalue weighted by Crippen LogP contribution is 2.43. The summed E-state index contributed by atoms with van der Waals surface area (Å²) in [4.78, 5) is 23.1. The SMILES string of the molecule is CC/C=C\C/C=C\C/C=C\C/C=C\C/C=C\C/C=C\CCCCCCCCCCCCCCCCCCCCCCCCC(=O)NC(COP(=O)(O)OCC[N+](C)(C)C)C(O)CCCCCCCCC. The van der Waals surface area contributed by atoms with Gasteiger partial charge in [0, 0.05) is 6.42 Å². The van der Waals surface area contributed by atoms with Crippen LogP contribution >= 0.6 is 7.82 Å². The van der Waals surface area contributed by atoms with Crippen LogP contribution in [0.4, 0.5) is 0 Å². The van der Waals surface area contributed by atoms with Crippen molar-refractivity contribution in [1.82, 2.24) is 5.32 Å². The minimum absolute atomic E-state index is 0.0743. The van der Waals surface area contributed by atoms with Crippen LogP contribution in [-0.2, 0) is 18.4 Å². The van der Waals surface area contributed by atoms with E-state index in [1.54, 1.807) is 0 Å². The van der Waals surface area contributed by atoms with Gasteiger partial charge in [0.05, 0.1) is 39.9 Å². The highest BCUT2D eigenvalue weighted by Gasteiger charge is 2.28. The molecule has 0 saturated heterocycles. The van der Waals surface area contributed by atoms with E-state index in [2.05, 4.69) is 92.1 Å². The van der Waals surface area contributed by atoms with Crippen LogP contribution in [0.15, 0.2) is 72.9 Å². The zero-order chi connectivity index (χ0) is 51.3. The minimum Gasteiger partial charge on any atom is -0.391 e. The summed E-state index contributed by atoms with van der Waals surface area (Å²) in [6.45, 7) is 4.73. The normalized spacial score (nSPS) is 14.4. The Morgan fingerprint density at radius 1 is 0.500 bits per heavy atom. The average Bonchev–Trinajstić information content (AvgIpc) is 3.32. The van der Waals surface area contributed by atoms with Crippen molar-refractivity contribution in [3.8, 4) is 0 Å². The summed E-state index contributed by atoms with van der Waals surface area (Å²) in [7, 11) is 1.62. The fourth-order valence-corrected chi connectivity index (χ4v) is 9.14. The molecule has 0 bridgehead atoms. The van der Waals surface area contributed by atoms with E-state index in [1.807, 2.05) is 21.1 Å². The Morgan fingerprint density at radius 2 is 0.857 bits per heavy atom. The zero-order valence-corrected chi connectivity index (χ0v) is 47.4. The van der Waals surface area contributed by atoms with Crippen molar-refractivity contribution in [1.29, 1.82) is 0 Å². The van der Waals surface area contributed by atoms with Gasteiger partial charge in [-0.05, 0) is 64.2 Å². The number of carbonyl (C=O) groups excluding carboxylic acids is 1. The van der Waals surface area contributed by atoms with Gasteiger partial charge in [0.1, 0.15) is 13.2 Å². The lowest BCUT2D eigenvalue weighted by Crippen LogP contribution is -2.46. The van der Waals surface area contributed by atoms with Gasteiger partial charge in [-0.1, -0.05) is 260 Å². The van der Waals surface area contributed by atoms with E-state index in [0.717, 1.165) is 77.0 Å². The van der Waals surface area contributed by atoms with E-state index in [1.165, 1.54) is 154 Å². The molecule has 0 saturated carbocycles. The van der Waals surface area contributed by atoms with Gasteiger partial charge in [-0.2, -0.15) is 0 Å². The first kappa shape index (κ1) is 67.9. The number of allylic oxidation sites excluding steroid dienone is 12. The number of nitrogens with zero attached hydrogens (tertiary/aromatic N) is 1. The van der Waals surface area contributed by atoms with Gasteiger partial charge in [-0.15, -0.1) is 0 Å². The van der Waals surface area contributed by atoms with Gasteiger partial charge >= 0.3 is 7.82 Å². The summed E-state index contributed by atoms with van der Waals surface area (Å²) >= 11 is 0. The Labute approximate surface area is 434 Å². The number of rotatable bonds is 53. The molecule has 3 N–H and O–H groups in total. The molecule has 0 heterocycles. The molecule has 70 heavy (non-hydrogen) atoms. The number of amides is 1. The second-order valence-electron chi connectivity index (χ2n) is 21.0. The van der Waals surface area contributed by atoms with Crippen molar-refractivity contribution >= 4 is 13.7 Å². The predicted octanol–water partition coefficient (Wildman–Crippen LogP) is 17.9. The fraction of sp³-hybridized carbons (Fsp3) is 0.787. The second-order valence-corrected chi connectivity index (χ2v) is 22.4. The molecule has 0 radical (unpaired) electrons. The summed E-state index contributed by atoms with van der Waals surface area (Å²) < 4.78 is 23.6. The first-order valence-electron chi connectivity index (χ1n) is 29.3. The zero-order valence-electron chi connectivity index (χ0n) is 46.5. The Balaban J connectivity index is 3.76. The maximum Gasteiger partial charge on any atom is 0.472 e. The summed E-state index contributed by atoms with van der Waals surface area (Å²) in [5, 5.41) is 13.9. The van der Waals surface area contributed by atoms with E-state index in [0.29, 0.717) is 23.9 Å². The third-order valence-electron chi connectivity index (χ3n) is 13.0. The lowest BCUT2D eigenvalue weighted by Gasteiger charge is -2.26. The maximum absolute atomic E-state index is 12.9. The minimum atomic E-state index is -4.31. The number of aliphatic hydroxyl groups excluding tert-OH is 1. The van der Waals surface area contributed by atoms with Crippen LogP contribution in [0.3, 0.4) is 0 Å². The average molecular weight is 1000 g/mol. The van der Waals surface area contributed by atoms with Crippen LogP contribution in [0.2, 0.25) is 0 Å². The van der Waals surface area contributed by atoms with Crippen molar-refractivity contribution in [2.45, 2.75) is 270 Å². The number of quaternary nitrogens is 1. The van der Waals surface area contributed by atoms with Crippen LogP contribution in [0.5, 0.6) is 0 Å². The number of hydrogen-bond donors (Lipinski definition) is 3. The van der Waals surface area contributed by atoms with Crippen molar-refractivity contribution in [3.63, 3.8) is 0 Å². The van der Waals surface area contributed by atoms with Crippen molar-refractivity contribution in [2.75, 3.05) is 40.9 Å². The highest BCUT2D eigenvalue weighted by molar-refractivity contribution is 7.47. The van der Waals surface area contributed by atoms with Gasteiger partial charge in [0.15, 0.2) is 0 Å². The number of aliphatic hydroxyl groups is 1.